The number of halogens is 1. The van der Waals surface area contributed by atoms with Crippen LogP contribution in [-0.2, 0) is 6.61 Å². The predicted molar refractivity (Wildman–Crippen MR) is 62.8 cm³/mol. The Balaban J connectivity index is 2.99. The van der Waals surface area contributed by atoms with Crippen molar-refractivity contribution in [3.63, 3.8) is 0 Å². The number of aliphatic hydroxyl groups is 1. The largest absolute Gasteiger partial charge is 0.392 e. The Morgan fingerprint density at radius 3 is 2.69 bits per heavy atom. The Hall–Kier alpha value is -1.16. The average Bonchev–Trinajstić information content (AvgIpc) is 2.25. The van der Waals surface area contributed by atoms with Gasteiger partial charge in [-0.3, -0.25) is 0 Å². The molecule has 0 aliphatic heterocycles. The zero-order chi connectivity index (χ0) is 12.1. The molecule has 0 amide bonds. The van der Waals surface area contributed by atoms with Crippen molar-refractivity contribution in [1.29, 1.82) is 0 Å². The Kier molecular flexibility index (Phi) is 4.68. The third-order valence-corrected chi connectivity index (χ3v) is 2.35. The predicted octanol–water partition coefficient (Wildman–Crippen LogP) is 2.20. The number of hydrogen-bond donors (Lipinski definition) is 1. The fourth-order valence-corrected chi connectivity index (χ4v) is 1.68. The van der Waals surface area contributed by atoms with E-state index in [0.29, 0.717) is 17.3 Å². The lowest BCUT2D eigenvalue weighted by Crippen LogP contribution is -2.29. The molecule has 0 saturated carbocycles. The van der Waals surface area contributed by atoms with E-state index >= 15 is 0 Å². The number of nitrogens with zero attached hydrogens (tertiary/aromatic N) is 2. The minimum absolute atomic E-state index is 0.186. The van der Waals surface area contributed by atoms with Crippen molar-refractivity contribution in [2.24, 2.45) is 5.92 Å². The smallest absolute Gasteiger partial charge is 0.142 e. The third kappa shape index (κ3) is 3.17. The van der Waals surface area contributed by atoms with Crippen molar-refractivity contribution >= 4 is 5.82 Å². The van der Waals surface area contributed by atoms with Gasteiger partial charge in [-0.15, -0.1) is 0 Å². The lowest BCUT2D eigenvalue weighted by Gasteiger charge is -2.25. The highest BCUT2D eigenvalue weighted by atomic mass is 19.1. The molecular formula is C12H19FN2O. The van der Waals surface area contributed by atoms with Gasteiger partial charge in [-0.25, -0.2) is 9.37 Å². The van der Waals surface area contributed by atoms with Gasteiger partial charge in [0.05, 0.1) is 12.8 Å². The van der Waals surface area contributed by atoms with Crippen LogP contribution in [-0.4, -0.2) is 23.2 Å². The van der Waals surface area contributed by atoms with Gasteiger partial charge in [0.15, 0.2) is 0 Å². The molecule has 16 heavy (non-hydrogen) atoms. The number of rotatable bonds is 5. The first-order valence-corrected chi connectivity index (χ1v) is 5.58. The van der Waals surface area contributed by atoms with Crippen LogP contribution in [0, 0.1) is 11.7 Å². The SMILES string of the molecule is CCN(CC(C)C)c1ncc(F)cc1CO. The van der Waals surface area contributed by atoms with E-state index in [4.69, 9.17) is 0 Å². The molecular weight excluding hydrogens is 207 g/mol. The highest BCUT2D eigenvalue weighted by Gasteiger charge is 2.13. The monoisotopic (exact) mass is 226 g/mol. The maximum atomic E-state index is 13.0. The highest BCUT2D eigenvalue weighted by molar-refractivity contribution is 5.46. The summed E-state index contributed by atoms with van der Waals surface area (Å²) in [6.45, 7) is 7.71. The Labute approximate surface area is 95.9 Å². The first-order chi connectivity index (χ1) is 7.58. The van der Waals surface area contributed by atoms with Gasteiger partial charge in [-0.05, 0) is 18.9 Å². The number of pyridine rings is 1. The van der Waals surface area contributed by atoms with E-state index in [1.165, 1.54) is 12.3 Å². The molecule has 4 heteroatoms. The summed E-state index contributed by atoms with van der Waals surface area (Å²) in [5.41, 5.74) is 0.544. The third-order valence-electron chi connectivity index (χ3n) is 2.35. The van der Waals surface area contributed by atoms with Crippen LogP contribution in [0.1, 0.15) is 26.3 Å². The second kappa shape index (κ2) is 5.80. The van der Waals surface area contributed by atoms with Crippen molar-refractivity contribution in [1.82, 2.24) is 4.98 Å². The van der Waals surface area contributed by atoms with Gasteiger partial charge >= 0.3 is 0 Å². The maximum Gasteiger partial charge on any atom is 0.142 e. The fourth-order valence-electron chi connectivity index (χ4n) is 1.68. The molecule has 0 atom stereocenters. The summed E-state index contributed by atoms with van der Waals surface area (Å²) in [6.07, 6.45) is 1.19. The molecule has 0 aliphatic carbocycles. The zero-order valence-electron chi connectivity index (χ0n) is 10.1. The van der Waals surface area contributed by atoms with Crippen molar-refractivity contribution < 1.29 is 9.50 Å². The van der Waals surface area contributed by atoms with Gasteiger partial charge < -0.3 is 10.0 Å². The summed E-state index contributed by atoms with van der Waals surface area (Å²) in [6, 6.07) is 1.34. The second-order valence-electron chi connectivity index (χ2n) is 4.23. The first kappa shape index (κ1) is 12.9. The van der Waals surface area contributed by atoms with Gasteiger partial charge in [0.1, 0.15) is 11.6 Å². The molecule has 0 fully saturated rings. The Bertz CT molecular complexity index is 342. The van der Waals surface area contributed by atoms with Crippen LogP contribution < -0.4 is 4.90 Å². The molecule has 1 heterocycles. The van der Waals surface area contributed by atoms with Crippen LogP contribution in [0.25, 0.3) is 0 Å². The van der Waals surface area contributed by atoms with Crippen LogP contribution in [0.2, 0.25) is 0 Å². The molecule has 90 valence electrons. The molecule has 0 saturated heterocycles. The quantitative estimate of drug-likeness (QED) is 0.836. The molecule has 0 radical (unpaired) electrons. The maximum absolute atomic E-state index is 13.0. The van der Waals surface area contributed by atoms with E-state index in [-0.39, 0.29) is 6.61 Å². The van der Waals surface area contributed by atoms with Crippen LogP contribution >= 0.6 is 0 Å². The molecule has 1 N–H and O–H groups in total. The molecule has 0 unspecified atom stereocenters. The summed E-state index contributed by atoms with van der Waals surface area (Å²) < 4.78 is 13.0. The molecule has 0 aliphatic rings. The topological polar surface area (TPSA) is 36.4 Å². The van der Waals surface area contributed by atoms with Gasteiger partial charge in [0, 0.05) is 18.7 Å². The lowest BCUT2D eigenvalue weighted by molar-refractivity contribution is 0.280. The van der Waals surface area contributed by atoms with Crippen molar-refractivity contribution in [2.45, 2.75) is 27.4 Å². The lowest BCUT2D eigenvalue weighted by atomic mass is 10.2. The fraction of sp³-hybridized carbons (Fsp3) is 0.583. The van der Waals surface area contributed by atoms with Gasteiger partial charge in [0.2, 0.25) is 0 Å². The van der Waals surface area contributed by atoms with Crippen LogP contribution in [0.15, 0.2) is 12.3 Å². The summed E-state index contributed by atoms with van der Waals surface area (Å²) >= 11 is 0. The molecule has 1 rings (SSSR count). The zero-order valence-corrected chi connectivity index (χ0v) is 10.1. The van der Waals surface area contributed by atoms with Crippen molar-refractivity contribution in [3.8, 4) is 0 Å². The molecule has 1 aromatic heterocycles. The van der Waals surface area contributed by atoms with Crippen LogP contribution in [0.5, 0.6) is 0 Å². The second-order valence-corrected chi connectivity index (χ2v) is 4.23. The number of aliphatic hydroxyl groups excluding tert-OH is 1. The van der Waals surface area contributed by atoms with E-state index in [9.17, 15) is 9.50 Å². The van der Waals surface area contributed by atoms with E-state index < -0.39 is 5.82 Å². The van der Waals surface area contributed by atoms with Crippen molar-refractivity contribution in [3.05, 3.63) is 23.6 Å². The minimum atomic E-state index is -0.409. The summed E-state index contributed by atoms with van der Waals surface area (Å²) in [5.74, 6) is 0.770. The van der Waals surface area contributed by atoms with Crippen LogP contribution in [0.4, 0.5) is 10.2 Å². The molecule has 0 bridgehead atoms. The summed E-state index contributed by atoms with van der Waals surface area (Å²) in [5, 5.41) is 9.19. The highest BCUT2D eigenvalue weighted by Crippen LogP contribution is 2.19. The first-order valence-electron chi connectivity index (χ1n) is 5.58. The van der Waals surface area contributed by atoms with E-state index in [1.54, 1.807) is 0 Å². The van der Waals surface area contributed by atoms with Gasteiger partial charge in [0.25, 0.3) is 0 Å². The molecule has 1 aromatic rings. The Morgan fingerprint density at radius 1 is 1.50 bits per heavy atom. The normalized spacial score (nSPS) is 10.9. The summed E-state index contributed by atoms with van der Waals surface area (Å²) in [4.78, 5) is 6.12. The van der Waals surface area contributed by atoms with Gasteiger partial charge in [-0.2, -0.15) is 0 Å². The van der Waals surface area contributed by atoms with Crippen LogP contribution in [0.3, 0.4) is 0 Å². The van der Waals surface area contributed by atoms with E-state index in [1.807, 2.05) is 6.92 Å². The molecule has 3 nitrogen and oxygen atoms in total. The number of anilines is 1. The average molecular weight is 226 g/mol. The van der Waals surface area contributed by atoms with Crippen molar-refractivity contribution in [2.75, 3.05) is 18.0 Å². The molecule has 0 spiro atoms. The van der Waals surface area contributed by atoms with E-state index in [2.05, 4.69) is 23.7 Å². The Morgan fingerprint density at radius 2 is 2.19 bits per heavy atom. The van der Waals surface area contributed by atoms with Gasteiger partial charge in [-0.1, -0.05) is 13.8 Å². The number of hydrogen-bond acceptors (Lipinski definition) is 3. The standard InChI is InChI=1S/C12H19FN2O/c1-4-15(7-9(2)3)12-10(8-16)5-11(13)6-14-12/h5-6,9,16H,4,7-8H2,1-3H3. The van der Waals surface area contributed by atoms with E-state index in [0.717, 1.165) is 13.1 Å². The molecule has 0 aromatic carbocycles. The summed E-state index contributed by atoms with van der Waals surface area (Å²) in [7, 11) is 0. The number of aromatic nitrogens is 1. The minimum Gasteiger partial charge on any atom is -0.392 e.